The summed E-state index contributed by atoms with van der Waals surface area (Å²) in [6.07, 6.45) is 2.92. The van der Waals surface area contributed by atoms with Crippen molar-refractivity contribution in [2.24, 2.45) is 0 Å². The summed E-state index contributed by atoms with van der Waals surface area (Å²) in [5, 5.41) is 21.8. The molecule has 1 saturated carbocycles. The topological polar surface area (TPSA) is 86.3 Å². The van der Waals surface area contributed by atoms with E-state index in [0.29, 0.717) is 5.92 Å². The summed E-state index contributed by atoms with van der Waals surface area (Å²) < 4.78 is 0. The summed E-state index contributed by atoms with van der Waals surface area (Å²) >= 11 is 0. The molecule has 23 heavy (non-hydrogen) atoms. The fourth-order valence-electron chi connectivity index (χ4n) is 4.31. The van der Waals surface area contributed by atoms with Crippen LogP contribution in [0.5, 0.6) is 0 Å². The van der Waals surface area contributed by atoms with Gasteiger partial charge in [0.15, 0.2) is 0 Å². The van der Waals surface area contributed by atoms with Crippen LogP contribution in [-0.4, -0.2) is 9.85 Å². The molecular weight excluding hydrogens is 296 g/mol. The Bertz CT molecular complexity index is 831. The predicted octanol–water partition coefficient (Wildman–Crippen LogP) is 4.07. The van der Waals surface area contributed by atoms with E-state index in [0.717, 1.165) is 36.0 Å². The van der Waals surface area contributed by atoms with Gasteiger partial charge in [0.05, 0.1) is 9.85 Å². The van der Waals surface area contributed by atoms with E-state index in [9.17, 15) is 20.2 Å². The lowest BCUT2D eigenvalue weighted by atomic mass is 9.74. The third-order valence-electron chi connectivity index (χ3n) is 5.35. The summed E-state index contributed by atoms with van der Waals surface area (Å²) in [5.74, 6) is 0.347. The van der Waals surface area contributed by atoms with Crippen LogP contribution < -0.4 is 0 Å². The summed E-state index contributed by atoms with van der Waals surface area (Å²) in [6.45, 7) is 0. The predicted molar refractivity (Wildman–Crippen MR) is 83.6 cm³/mol. The van der Waals surface area contributed by atoms with Gasteiger partial charge in [-0.15, -0.1) is 0 Å². The SMILES string of the molecule is O=[N+]([O-])c1ccc([C@@]23CC[C@@H](C2)c2cc([N+](=O)[O-])ccc23)cc1. The number of nitro benzene ring substituents is 2. The molecule has 0 unspecified atom stereocenters. The molecule has 6 heteroatoms. The number of fused-ring (bicyclic) bond motifs is 5. The molecule has 0 spiro atoms. The Balaban J connectivity index is 1.81. The van der Waals surface area contributed by atoms with E-state index in [1.54, 1.807) is 24.3 Å². The lowest BCUT2D eigenvalue weighted by molar-refractivity contribution is -0.385. The lowest BCUT2D eigenvalue weighted by Gasteiger charge is -2.29. The zero-order valence-corrected chi connectivity index (χ0v) is 12.3. The Morgan fingerprint density at radius 3 is 2.26 bits per heavy atom. The molecule has 2 atom stereocenters. The van der Waals surface area contributed by atoms with Crippen molar-refractivity contribution < 1.29 is 9.85 Å². The molecular formula is C17H14N2O4. The Labute approximate surface area is 132 Å². The molecule has 0 N–H and O–H groups in total. The second-order valence-corrected chi connectivity index (χ2v) is 6.35. The van der Waals surface area contributed by atoms with Gasteiger partial charge in [-0.25, -0.2) is 0 Å². The molecule has 116 valence electrons. The quantitative estimate of drug-likeness (QED) is 0.631. The van der Waals surface area contributed by atoms with Gasteiger partial charge >= 0.3 is 0 Å². The van der Waals surface area contributed by atoms with Crippen LogP contribution in [0.2, 0.25) is 0 Å². The molecule has 0 amide bonds. The molecule has 0 heterocycles. The third-order valence-corrected chi connectivity index (χ3v) is 5.35. The van der Waals surface area contributed by atoms with Crippen molar-refractivity contribution in [1.29, 1.82) is 0 Å². The van der Waals surface area contributed by atoms with E-state index in [2.05, 4.69) is 0 Å². The standard InChI is InChI=1S/C17H14N2O4/c20-18(21)13-3-1-12(2-4-13)17-8-7-11(10-17)15-9-14(19(22)23)5-6-16(15)17/h1-6,9,11H,7-8,10H2/t11-,17+/m0/s1. The minimum Gasteiger partial charge on any atom is -0.258 e. The molecule has 2 aliphatic carbocycles. The Hall–Kier alpha value is -2.76. The van der Waals surface area contributed by atoms with Crippen LogP contribution in [0.1, 0.15) is 41.9 Å². The maximum absolute atomic E-state index is 11.0. The first-order valence-corrected chi connectivity index (χ1v) is 7.55. The fraction of sp³-hybridized carbons (Fsp3) is 0.294. The van der Waals surface area contributed by atoms with Gasteiger partial charge in [0, 0.05) is 29.7 Å². The zero-order chi connectivity index (χ0) is 16.2. The first-order chi connectivity index (χ1) is 11.0. The number of hydrogen-bond acceptors (Lipinski definition) is 4. The van der Waals surface area contributed by atoms with Gasteiger partial charge in [-0.05, 0) is 41.9 Å². The van der Waals surface area contributed by atoms with Gasteiger partial charge in [-0.1, -0.05) is 18.2 Å². The molecule has 4 rings (SSSR count). The molecule has 2 aromatic carbocycles. The van der Waals surface area contributed by atoms with Gasteiger partial charge in [0.25, 0.3) is 11.4 Å². The highest BCUT2D eigenvalue weighted by Gasteiger charge is 2.50. The van der Waals surface area contributed by atoms with Gasteiger partial charge in [-0.2, -0.15) is 0 Å². The Kier molecular flexibility index (Phi) is 2.78. The highest BCUT2D eigenvalue weighted by atomic mass is 16.6. The van der Waals surface area contributed by atoms with Gasteiger partial charge < -0.3 is 0 Å². The van der Waals surface area contributed by atoms with Crippen molar-refractivity contribution in [2.45, 2.75) is 30.6 Å². The molecule has 6 nitrogen and oxygen atoms in total. The number of benzene rings is 2. The Morgan fingerprint density at radius 2 is 1.61 bits per heavy atom. The molecule has 0 saturated heterocycles. The molecule has 2 aliphatic rings. The molecule has 2 bridgehead atoms. The highest BCUT2D eigenvalue weighted by Crippen LogP contribution is 2.60. The van der Waals surface area contributed by atoms with Crippen LogP contribution in [-0.2, 0) is 5.41 Å². The van der Waals surface area contributed by atoms with Crippen LogP contribution in [0.3, 0.4) is 0 Å². The minimum atomic E-state index is -0.398. The number of non-ortho nitro benzene ring substituents is 2. The maximum Gasteiger partial charge on any atom is 0.269 e. The first kappa shape index (κ1) is 13.9. The average molecular weight is 310 g/mol. The number of nitrogens with zero attached hydrogens (tertiary/aromatic N) is 2. The van der Waals surface area contributed by atoms with Crippen molar-refractivity contribution in [3.05, 3.63) is 79.4 Å². The average Bonchev–Trinajstić information content (AvgIpc) is 3.13. The third kappa shape index (κ3) is 1.87. The summed E-state index contributed by atoms with van der Waals surface area (Å²) in [6, 6.07) is 11.9. The van der Waals surface area contributed by atoms with Crippen LogP contribution in [0.4, 0.5) is 11.4 Å². The lowest BCUT2D eigenvalue weighted by Crippen LogP contribution is -2.22. The van der Waals surface area contributed by atoms with E-state index in [-0.39, 0.29) is 21.7 Å². The van der Waals surface area contributed by atoms with Crippen molar-refractivity contribution in [2.75, 3.05) is 0 Å². The second kappa shape index (κ2) is 4.62. The van der Waals surface area contributed by atoms with Crippen LogP contribution in [0.25, 0.3) is 0 Å². The van der Waals surface area contributed by atoms with Gasteiger partial charge in [0.2, 0.25) is 0 Å². The van der Waals surface area contributed by atoms with E-state index in [4.69, 9.17) is 0 Å². The van der Waals surface area contributed by atoms with Crippen molar-refractivity contribution in [1.82, 2.24) is 0 Å². The largest absolute Gasteiger partial charge is 0.269 e. The van der Waals surface area contributed by atoms with Crippen molar-refractivity contribution >= 4 is 11.4 Å². The summed E-state index contributed by atoms with van der Waals surface area (Å²) in [5.41, 5.74) is 3.36. The van der Waals surface area contributed by atoms with Crippen LogP contribution in [0, 0.1) is 20.2 Å². The summed E-state index contributed by atoms with van der Waals surface area (Å²) in [4.78, 5) is 21.1. The van der Waals surface area contributed by atoms with Crippen molar-refractivity contribution in [3.63, 3.8) is 0 Å². The fourth-order valence-corrected chi connectivity index (χ4v) is 4.31. The summed E-state index contributed by atoms with van der Waals surface area (Å²) in [7, 11) is 0. The number of nitro groups is 2. The Morgan fingerprint density at radius 1 is 0.957 bits per heavy atom. The number of rotatable bonds is 3. The smallest absolute Gasteiger partial charge is 0.258 e. The monoisotopic (exact) mass is 310 g/mol. The van der Waals surface area contributed by atoms with Gasteiger partial charge in [0.1, 0.15) is 0 Å². The van der Waals surface area contributed by atoms with Crippen LogP contribution in [0.15, 0.2) is 42.5 Å². The van der Waals surface area contributed by atoms with Gasteiger partial charge in [-0.3, -0.25) is 20.2 Å². The van der Waals surface area contributed by atoms with E-state index >= 15 is 0 Å². The highest BCUT2D eigenvalue weighted by molar-refractivity contribution is 5.56. The van der Waals surface area contributed by atoms with Crippen LogP contribution >= 0.6 is 0 Å². The minimum absolute atomic E-state index is 0.0848. The molecule has 1 fully saturated rings. The van der Waals surface area contributed by atoms with E-state index in [1.807, 2.05) is 18.2 Å². The van der Waals surface area contributed by atoms with Crippen molar-refractivity contribution in [3.8, 4) is 0 Å². The molecule has 0 aliphatic heterocycles. The molecule has 0 radical (unpaired) electrons. The normalized spacial score (nSPS) is 24.4. The maximum atomic E-state index is 11.0. The molecule has 2 aromatic rings. The zero-order valence-electron chi connectivity index (χ0n) is 12.3. The number of hydrogen-bond donors (Lipinski definition) is 0. The van der Waals surface area contributed by atoms with E-state index < -0.39 is 4.92 Å². The van der Waals surface area contributed by atoms with E-state index in [1.165, 1.54) is 0 Å². The molecule has 0 aromatic heterocycles. The second-order valence-electron chi connectivity index (χ2n) is 6.35. The first-order valence-electron chi connectivity index (χ1n) is 7.55.